The van der Waals surface area contributed by atoms with E-state index in [1.807, 2.05) is 24.4 Å². The summed E-state index contributed by atoms with van der Waals surface area (Å²) in [6, 6.07) is 3.73. The van der Waals surface area contributed by atoms with Crippen LogP contribution in [0.15, 0.2) is 29.9 Å². The normalized spacial score (nSPS) is 10.3. The third-order valence-corrected chi connectivity index (χ3v) is 3.13. The Balaban J connectivity index is 1.95. The minimum absolute atomic E-state index is 0.195. The van der Waals surface area contributed by atoms with Gasteiger partial charge in [0, 0.05) is 29.9 Å². The molecule has 0 N–H and O–H groups in total. The predicted octanol–water partition coefficient (Wildman–Crippen LogP) is 2.20. The molecular formula is C12H12N2OS. The Labute approximate surface area is 98.2 Å². The summed E-state index contributed by atoms with van der Waals surface area (Å²) in [5.41, 5.74) is 1.99. The Hall–Kier alpha value is -1.55. The Morgan fingerprint density at radius 3 is 2.69 bits per heavy atom. The number of rotatable bonds is 4. The molecule has 4 heteroatoms. The maximum Gasteiger partial charge on any atom is 0.144 e. The van der Waals surface area contributed by atoms with E-state index in [9.17, 15) is 4.79 Å². The maximum absolute atomic E-state index is 11.7. The van der Waals surface area contributed by atoms with Crippen molar-refractivity contribution in [3.8, 4) is 0 Å². The van der Waals surface area contributed by atoms with Gasteiger partial charge in [0.25, 0.3) is 0 Å². The molecular weight excluding hydrogens is 220 g/mol. The van der Waals surface area contributed by atoms with Crippen molar-refractivity contribution in [1.82, 2.24) is 9.97 Å². The molecule has 0 aliphatic heterocycles. The quantitative estimate of drug-likeness (QED) is 0.811. The monoisotopic (exact) mass is 232 g/mol. The number of pyridine rings is 1. The van der Waals surface area contributed by atoms with E-state index >= 15 is 0 Å². The first-order valence-corrected chi connectivity index (χ1v) is 5.93. The summed E-state index contributed by atoms with van der Waals surface area (Å²) in [6.45, 7) is 1.94. The molecule has 0 aliphatic carbocycles. The highest BCUT2D eigenvalue weighted by Crippen LogP contribution is 2.10. The van der Waals surface area contributed by atoms with Gasteiger partial charge in [-0.15, -0.1) is 11.3 Å². The Morgan fingerprint density at radius 1 is 1.31 bits per heavy atom. The first kappa shape index (κ1) is 11.0. The van der Waals surface area contributed by atoms with Crippen molar-refractivity contribution in [2.45, 2.75) is 19.8 Å². The second-order valence-electron chi connectivity index (χ2n) is 3.63. The number of Topliss-reactive ketones (excluding diaryl/α,β-unsaturated/α-hetero) is 1. The fourth-order valence-electron chi connectivity index (χ4n) is 1.44. The van der Waals surface area contributed by atoms with Gasteiger partial charge in [-0.05, 0) is 24.6 Å². The van der Waals surface area contributed by atoms with E-state index in [1.54, 1.807) is 23.7 Å². The lowest BCUT2D eigenvalue weighted by Gasteiger charge is -1.98. The Morgan fingerprint density at radius 2 is 2.06 bits per heavy atom. The average molecular weight is 232 g/mol. The van der Waals surface area contributed by atoms with Gasteiger partial charge in [-0.2, -0.15) is 0 Å². The summed E-state index contributed by atoms with van der Waals surface area (Å²) >= 11 is 1.54. The molecule has 0 amide bonds. The van der Waals surface area contributed by atoms with Crippen LogP contribution >= 0.6 is 11.3 Å². The predicted molar refractivity (Wildman–Crippen MR) is 63.5 cm³/mol. The molecule has 2 aromatic rings. The van der Waals surface area contributed by atoms with Crippen molar-refractivity contribution in [3.05, 3.63) is 46.2 Å². The van der Waals surface area contributed by atoms with Crippen LogP contribution in [0.2, 0.25) is 0 Å². The van der Waals surface area contributed by atoms with Crippen LogP contribution in [-0.2, 0) is 17.6 Å². The van der Waals surface area contributed by atoms with Crippen molar-refractivity contribution in [1.29, 1.82) is 0 Å². The molecule has 0 spiro atoms. The topological polar surface area (TPSA) is 42.9 Å². The molecule has 16 heavy (non-hydrogen) atoms. The van der Waals surface area contributed by atoms with Gasteiger partial charge in [0.1, 0.15) is 10.8 Å². The van der Waals surface area contributed by atoms with Gasteiger partial charge in [-0.3, -0.25) is 9.78 Å². The molecule has 82 valence electrons. The minimum Gasteiger partial charge on any atom is -0.299 e. The van der Waals surface area contributed by atoms with Crippen molar-refractivity contribution in [3.63, 3.8) is 0 Å². The largest absolute Gasteiger partial charge is 0.299 e. The molecule has 0 aromatic carbocycles. The zero-order chi connectivity index (χ0) is 11.4. The van der Waals surface area contributed by atoms with Gasteiger partial charge in [-0.25, -0.2) is 4.98 Å². The van der Waals surface area contributed by atoms with Crippen LogP contribution in [0.25, 0.3) is 0 Å². The standard InChI is InChI=1S/C12H12N2OS/c1-9-8-16-12(14-9)7-11(15)6-10-2-4-13-5-3-10/h2-5,8H,6-7H2,1H3. The summed E-state index contributed by atoms with van der Waals surface area (Å²) in [4.78, 5) is 19.9. The highest BCUT2D eigenvalue weighted by molar-refractivity contribution is 7.09. The van der Waals surface area contributed by atoms with Gasteiger partial charge in [0.15, 0.2) is 0 Å². The van der Waals surface area contributed by atoms with E-state index < -0.39 is 0 Å². The molecule has 0 fully saturated rings. The molecule has 2 aromatic heterocycles. The van der Waals surface area contributed by atoms with Crippen molar-refractivity contribution in [2.24, 2.45) is 0 Å². The maximum atomic E-state index is 11.7. The van der Waals surface area contributed by atoms with Crippen LogP contribution in [0.4, 0.5) is 0 Å². The number of thiazole rings is 1. The summed E-state index contributed by atoms with van der Waals surface area (Å²) in [5, 5.41) is 2.87. The number of aromatic nitrogens is 2. The van der Waals surface area contributed by atoms with Crippen molar-refractivity contribution >= 4 is 17.1 Å². The molecule has 0 radical (unpaired) electrons. The lowest BCUT2D eigenvalue weighted by atomic mass is 10.1. The van der Waals surface area contributed by atoms with Crippen molar-refractivity contribution in [2.75, 3.05) is 0 Å². The molecule has 0 atom stereocenters. The SMILES string of the molecule is Cc1csc(CC(=O)Cc2ccncc2)n1. The van der Waals surface area contributed by atoms with Gasteiger partial charge >= 0.3 is 0 Å². The lowest BCUT2D eigenvalue weighted by Crippen LogP contribution is -2.06. The third kappa shape index (κ3) is 2.97. The second-order valence-corrected chi connectivity index (χ2v) is 4.57. The van der Waals surface area contributed by atoms with Gasteiger partial charge in [0.05, 0.1) is 6.42 Å². The fourth-order valence-corrected chi connectivity index (χ4v) is 2.24. The van der Waals surface area contributed by atoms with Gasteiger partial charge in [-0.1, -0.05) is 0 Å². The van der Waals surface area contributed by atoms with Crippen LogP contribution in [0.1, 0.15) is 16.3 Å². The molecule has 0 bridgehead atoms. The summed E-state index contributed by atoms with van der Waals surface area (Å²) in [7, 11) is 0. The van der Waals surface area contributed by atoms with E-state index in [2.05, 4.69) is 9.97 Å². The zero-order valence-corrected chi connectivity index (χ0v) is 9.83. The van der Waals surface area contributed by atoms with E-state index in [0.717, 1.165) is 16.3 Å². The van der Waals surface area contributed by atoms with Crippen LogP contribution in [0, 0.1) is 6.92 Å². The van der Waals surface area contributed by atoms with E-state index in [1.165, 1.54) is 0 Å². The number of ketones is 1. The summed E-state index contributed by atoms with van der Waals surface area (Å²) < 4.78 is 0. The number of hydrogen-bond acceptors (Lipinski definition) is 4. The highest BCUT2D eigenvalue weighted by Gasteiger charge is 2.07. The lowest BCUT2D eigenvalue weighted by molar-refractivity contribution is -0.117. The molecule has 2 rings (SSSR count). The highest BCUT2D eigenvalue weighted by atomic mass is 32.1. The number of carbonyl (C=O) groups excluding carboxylic acids is 1. The molecule has 0 saturated carbocycles. The van der Waals surface area contributed by atoms with Gasteiger partial charge in [0.2, 0.25) is 0 Å². The van der Waals surface area contributed by atoms with E-state index in [4.69, 9.17) is 0 Å². The molecule has 3 nitrogen and oxygen atoms in total. The Kier molecular flexibility index (Phi) is 3.41. The number of carbonyl (C=O) groups is 1. The van der Waals surface area contributed by atoms with E-state index in [-0.39, 0.29) is 5.78 Å². The van der Waals surface area contributed by atoms with Crippen LogP contribution in [-0.4, -0.2) is 15.8 Å². The Bertz CT molecular complexity index is 479. The van der Waals surface area contributed by atoms with Crippen LogP contribution in [0.3, 0.4) is 0 Å². The first-order chi connectivity index (χ1) is 7.74. The first-order valence-electron chi connectivity index (χ1n) is 5.05. The molecule has 2 heterocycles. The van der Waals surface area contributed by atoms with Gasteiger partial charge < -0.3 is 0 Å². The number of nitrogens with zero attached hydrogens (tertiary/aromatic N) is 2. The number of hydrogen-bond donors (Lipinski definition) is 0. The minimum atomic E-state index is 0.195. The summed E-state index contributed by atoms with van der Waals surface area (Å²) in [5.74, 6) is 0.195. The zero-order valence-electron chi connectivity index (χ0n) is 9.01. The summed E-state index contributed by atoms with van der Waals surface area (Å²) in [6.07, 6.45) is 4.30. The molecule has 0 aliphatic rings. The molecule has 0 unspecified atom stereocenters. The van der Waals surface area contributed by atoms with Crippen LogP contribution in [0.5, 0.6) is 0 Å². The van der Waals surface area contributed by atoms with Crippen molar-refractivity contribution < 1.29 is 4.79 Å². The van der Waals surface area contributed by atoms with Crippen LogP contribution < -0.4 is 0 Å². The smallest absolute Gasteiger partial charge is 0.144 e. The second kappa shape index (κ2) is 4.99. The average Bonchev–Trinajstić information content (AvgIpc) is 2.65. The fraction of sp³-hybridized carbons (Fsp3) is 0.250. The number of aryl methyl sites for hydroxylation is 1. The molecule has 0 saturated heterocycles. The van der Waals surface area contributed by atoms with E-state index in [0.29, 0.717) is 12.8 Å². The third-order valence-electron chi connectivity index (χ3n) is 2.17.